The Hall–Kier alpha value is -2.17. The molecule has 106 valence electrons. The molecule has 1 aliphatic carbocycles. The summed E-state index contributed by atoms with van der Waals surface area (Å²) in [5.74, 6) is 0.490. The number of anilines is 1. The number of non-ortho nitro benzene ring substituents is 1. The van der Waals surface area contributed by atoms with Gasteiger partial charge in [0.1, 0.15) is 0 Å². The highest BCUT2D eigenvalue weighted by Gasteiger charge is 2.15. The molecule has 0 radical (unpaired) electrons. The number of nitro benzene ring substituents is 1. The fourth-order valence-corrected chi connectivity index (χ4v) is 2.25. The van der Waals surface area contributed by atoms with Gasteiger partial charge in [-0.05, 0) is 45.2 Å². The van der Waals surface area contributed by atoms with Crippen molar-refractivity contribution in [2.75, 3.05) is 5.43 Å². The second-order valence-corrected chi connectivity index (χ2v) is 5.19. The summed E-state index contributed by atoms with van der Waals surface area (Å²) in [5.41, 5.74) is 6.34. The van der Waals surface area contributed by atoms with Crippen molar-refractivity contribution in [2.45, 2.75) is 33.1 Å². The minimum Gasteiger partial charge on any atom is -0.279 e. The van der Waals surface area contributed by atoms with E-state index in [9.17, 15) is 10.1 Å². The van der Waals surface area contributed by atoms with E-state index < -0.39 is 4.92 Å². The van der Waals surface area contributed by atoms with Gasteiger partial charge in [-0.3, -0.25) is 15.5 Å². The van der Waals surface area contributed by atoms with E-state index in [2.05, 4.69) is 23.5 Å². The van der Waals surface area contributed by atoms with Gasteiger partial charge in [0.25, 0.3) is 5.69 Å². The zero-order chi connectivity index (χ0) is 14.5. The summed E-state index contributed by atoms with van der Waals surface area (Å²) in [7, 11) is 0. The third-order valence-electron chi connectivity index (χ3n) is 3.67. The molecule has 0 saturated heterocycles. The summed E-state index contributed by atoms with van der Waals surface area (Å²) >= 11 is 0. The van der Waals surface area contributed by atoms with E-state index in [1.807, 2.05) is 6.92 Å². The van der Waals surface area contributed by atoms with Gasteiger partial charge in [0, 0.05) is 23.8 Å². The Morgan fingerprint density at radius 3 is 2.65 bits per heavy atom. The largest absolute Gasteiger partial charge is 0.279 e. The number of benzene rings is 1. The Bertz CT molecular complexity index is 547. The molecule has 0 aromatic heterocycles. The number of nitrogens with zero attached hydrogens (tertiary/aromatic N) is 2. The third kappa shape index (κ3) is 3.66. The fourth-order valence-electron chi connectivity index (χ4n) is 2.25. The minimum atomic E-state index is -0.408. The molecule has 0 spiro atoms. The van der Waals surface area contributed by atoms with Crippen molar-refractivity contribution < 1.29 is 4.92 Å². The van der Waals surface area contributed by atoms with Crippen molar-refractivity contribution in [1.82, 2.24) is 0 Å². The van der Waals surface area contributed by atoms with Crippen molar-refractivity contribution in [2.24, 2.45) is 11.0 Å². The normalized spacial score (nSPS) is 19.4. The lowest BCUT2D eigenvalue weighted by Crippen LogP contribution is -2.15. The van der Waals surface area contributed by atoms with Crippen molar-refractivity contribution in [3.8, 4) is 0 Å². The van der Waals surface area contributed by atoms with Gasteiger partial charge in [0.15, 0.2) is 0 Å². The smallest absolute Gasteiger partial charge is 0.269 e. The lowest BCUT2D eigenvalue weighted by Gasteiger charge is -2.20. The SMILES string of the molecule is CC1=CC[C@H](/C(C)=N\Nc2ccc([N+](=O)[O-])cc2)CC1. The van der Waals surface area contributed by atoms with Crippen LogP contribution >= 0.6 is 0 Å². The van der Waals surface area contributed by atoms with E-state index in [1.54, 1.807) is 12.1 Å². The van der Waals surface area contributed by atoms with E-state index in [0.717, 1.165) is 30.7 Å². The molecule has 1 aliphatic rings. The quantitative estimate of drug-likeness (QED) is 0.388. The van der Waals surface area contributed by atoms with Gasteiger partial charge in [-0.15, -0.1) is 0 Å². The first-order valence-corrected chi connectivity index (χ1v) is 6.76. The Morgan fingerprint density at radius 1 is 1.40 bits per heavy atom. The lowest BCUT2D eigenvalue weighted by molar-refractivity contribution is -0.384. The monoisotopic (exact) mass is 273 g/mol. The van der Waals surface area contributed by atoms with E-state index >= 15 is 0 Å². The average Bonchev–Trinajstić information content (AvgIpc) is 2.46. The Morgan fingerprint density at radius 2 is 2.10 bits per heavy atom. The van der Waals surface area contributed by atoms with Gasteiger partial charge in [-0.1, -0.05) is 11.6 Å². The van der Waals surface area contributed by atoms with Gasteiger partial charge in [0.2, 0.25) is 0 Å². The predicted octanol–water partition coefficient (Wildman–Crippen LogP) is 4.13. The summed E-state index contributed by atoms with van der Waals surface area (Å²) in [6, 6.07) is 6.28. The van der Waals surface area contributed by atoms with Crippen LogP contribution < -0.4 is 5.43 Å². The number of nitro groups is 1. The van der Waals surface area contributed by atoms with Gasteiger partial charge in [0.05, 0.1) is 10.6 Å². The average molecular weight is 273 g/mol. The summed E-state index contributed by atoms with van der Waals surface area (Å²) in [4.78, 5) is 10.2. The molecule has 0 aliphatic heterocycles. The van der Waals surface area contributed by atoms with Crippen molar-refractivity contribution >= 4 is 17.1 Å². The van der Waals surface area contributed by atoms with Crippen molar-refractivity contribution in [3.63, 3.8) is 0 Å². The maximum absolute atomic E-state index is 10.6. The molecule has 0 amide bonds. The van der Waals surface area contributed by atoms with Crippen LogP contribution in [0.15, 0.2) is 41.0 Å². The number of rotatable bonds is 4. The lowest BCUT2D eigenvalue weighted by atomic mass is 9.87. The molecule has 0 fully saturated rings. The number of nitrogens with one attached hydrogen (secondary N) is 1. The van der Waals surface area contributed by atoms with Crippen LogP contribution in [-0.2, 0) is 0 Å². The highest BCUT2D eigenvalue weighted by molar-refractivity contribution is 5.85. The molecule has 1 N–H and O–H groups in total. The molecule has 5 heteroatoms. The van der Waals surface area contributed by atoms with Crippen molar-refractivity contribution in [1.29, 1.82) is 0 Å². The summed E-state index contributed by atoms with van der Waals surface area (Å²) in [6.07, 6.45) is 5.59. The molecule has 20 heavy (non-hydrogen) atoms. The van der Waals surface area contributed by atoms with Crippen LogP contribution in [0.3, 0.4) is 0 Å². The van der Waals surface area contributed by atoms with Crippen LogP contribution in [0.5, 0.6) is 0 Å². The first-order valence-electron chi connectivity index (χ1n) is 6.76. The summed E-state index contributed by atoms with van der Waals surface area (Å²) in [5, 5.41) is 14.9. The molecular formula is C15H19N3O2. The van der Waals surface area contributed by atoms with E-state index in [-0.39, 0.29) is 5.69 Å². The number of hydrogen-bond acceptors (Lipinski definition) is 4. The molecule has 1 aromatic carbocycles. The van der Waals surface area contributed by atoms with E-state index in [1.165, 1.54) is 17.7 Å². The molecule has 5 nitrogen and oxygen atoms in total. The predicted molar refractivity (Wildman–Crippen MR) is 80.9 cm³/mol. The topological polar surface area (TPSA) is 67.5 Å². The Labute approximate surface area is 118 Å². The zero-order valence-corrected chi connectivity index (χ0v) is 11.8. The maximum Gasteiger partial charge on any atom is 0.269 e. The standard InChI is InChI=1S/C15H19N3O2/c1-11-3-5-13(6-4-11)12(2)16-17-14-7-9-15(10-8-14)18(19)20/h3,7-10,13,17H,4-6H2,1-2H3/b16-12-/t13-/m0/s1. The van der Waals surface area contributed by atoms with Crippen LogP contribution in [0.4, 0.5) is 11.4 Å². The first-order chi connectivity index (χ1) is 9.56. The Balaban J connectivity index is 1.96. The van der Waals surface area contributed by atoms with Crippen LogP contribution in [0.2, 0.25) is 0 Å². The molecule has 2 rings (SSSR count). The Kier molecular flexibility index (Phi) is 4.50. The van der Waals surface area contributed by atoms with Gasteiger partial charge in [-0.2, -0.15) is 5.10 Å². The van der Waals surface area contributed by atoms with Gasteiger partial charge >= 0.3 is 0 Å². The molecule has 1 aromatic rings. The second kappa shape index (κ2) is 6.32. The molecule has 0 bridgehead atoms. The maximum atomic E-state index is 10.6. The highest BCUT2D eigenvalue weighted by Crippen LogP contribution is 2.24. The van der Waals surface area contributed by atoms with Crippen molar-refractivity contribution in [3.05, 3.63) is 46.0 Å². The fraction of sp³-hybridized carbons (Fsp3) is 0.400. The third-order valence-corrected chi connectivity index (χ3v) is 3.67. The molecule has 0 saturated carbocycles. The van der Waals surface area contributed by atoms with Crippen LogP contribution in [-0.4, -0.2) is 10.6 Å². The number of hydrogen-bond donors (Lipinski definition) is 1. The second-order valence-electron chi connectivity index (χ2n) is 5.19. The summed E-state index contributed by atoms with van der Waals surface area (Å²) < 4.78 is 0. The zero-order valence-electron chi connectivity index (χ0n) is 11.8. The summed E-state index contributed by atoms with van der Waals surface area (Å²) in [6.45, 7) is 4.19. The molecular weight excluding hydrogens is 254 g/mol. The highest BCUT2D eigenvalue weighted by atomic mass is 16.6. The minimum absolute atomic E-state index is 0.0872. The van der Waals surface area contributed by atoms with Gasteiger partial charge in [-0.25, -0.2) is 0 Å². The number of hydrazone groups is 1. The molecule has 0 heterocycles. The van der Waals surface area contributed by atoms with Crippen LogP contribution in [0.1, 0.15) is 33.1 Å². The van der Waals surface area contributed by atoms with Crippen LogP contribution in [0, 0.1) is 16.0 Å². The van der Waals surface area contributed by atoms with E-state index in [0.29, 0.717) is 5.92 Å². The molecule has 1 atom stereocenters. The van der Waals surface area contributed by atoms with E-state index in [4.69, 9.17) is 0 Å². The molecule has 0 unspecified atom stereocenters. The first kappa shape index (κ1) is 14.2. The van der Waals surface area contributed by atoms with Gasteiger partial charge < -0.3 is 0 Å². The van der Waals surface area contributed by atoms with Crippen LogP contribution in [0.25, 0.3) is 0 Å². The number of allylic oxidation sites excluding steroid dienone is 2.